The van der Waals surface area contributed by atoms with Crippen molar-refractivity contribution in [2.45, 2.75) is 46.6 Å². The Morgan fingerprint density at radius 1 is 1.17 bits per heavy atom. The number of benzene rings is 2. The number of halogens is 1. The lowest BCUT2D eigenvalue weighted by molar-refractivity contribution is -0.153. The van der Waals surface area contributed by atoms with Gasteiger partial charge in [-0.25, -0.2) is 0 Å². The van der Waals surface area contributed by atoms with Gasteiger partial charge in [0.1, 0.15) is 16.3 Å². The van der Waals surface area contributed by atoms with Crippen LogP contribution in [0.2, 0.25) is 5.02 Å². The molecule has 0 amide bonds. The van der Waals surface area contributed by atoms with Crippen molar-refractivity contribution >= 4 is 45.7 Å². The van der Waals surface area contributed by atoms with Crippen molar-refractivity contribution in [1.29, 1.82) is 0 Å². The third kappa shape index (κ3) is 4.46. The molecule has 1 N–H and O–H groups in total. The summed E-state index contributed by atoms with van der Waals surface area (Å²) in [6.45, 7) is 9.42. The van der Waals surface area contributed by atoms with Crippen molar-refractivity contribution in [2.24, 2.45) is 0 Å². The average molecular weight is 430 g/mol. The second-order valence-electron chi connectivity index (χ2n) is 8.15. The summed E-state index contributed by atoms with van der Waals surface area (Å²) in [7, 11) is 0. The lowest BCUT2D eigenvalue weighted by Crippen LogP contribution is -2.25. The van der Waals surface area contributed by atoms with Crippen LogP contribution < -0.4 is 0 Å². The molecular formula is C23H24ClNO3S. The van der Waals surface area contributed by atoms with Crippen molar-refractivity contribution in [1.82, 2.24) is 4.57 Å². The minimum Gasteiger partial charge on any atom is -0.506 e. The molecule has 29 heavy (non-hydrogen) atoms. The molecule has 0 radical (unpaired) electrons. The van der Waals surface area contributed by atoms with E-state index >= 15 is 0 Å². The van der Waals surface area contributed by atoms with Crippen molar-refractivity contribution in [2.75, 3.05) is 0 Å². The van der Waals surface area contributed by atoms with Gasteiger partial charge in [0.2, 0.25) is 0 Å². The van der Waals surface area contributed by atoms with Gasteiger partial charge in [-0.3, -0.25) is 4.79 Å². The molecule has 0 fully saturated rings. The molecule has 1 heterocycles. The zero-order chi connectivity index (χ0) is 21.5. The molecule has 0 spiro atoms. The fraction of sp³-hybridized carbons (Fsp3) is 0.304. The van der Waals surface area contributed by atoms with E-state index in [0.717, 1.165) is 33.3 Å². The summed E-state index contributed by atoms with van der Waals surface area (Å²) in [5.74, 6) is -0.377. The smallest absolute Gasteiger partial charge is 0.310 e. The SMILES string of the molecule is Cc1ccc(C(=S)n2c(C)c(CC(=O)OC(C)(C)C)c3cc(O)c(Cl)cc32)cc1. The second-order valence-corrected chi connectivity index (χ2v) is 8.95. The van der Waals surface area contributed by atoms with Crippen LogP contribution in [0.25, 0.3) is 10.9 Å². The number of aryl methyl sites for hydroxylation is 1. The van der Waals surface area contributed by atoms with Crippen LogP contribution in [-0.4, -0.2) is 26.2 Å². The van der Waals surface area contributed by atoms with Gasteiger partial charge in [0.15, 0.2) is 0 Å². The summed E-state index contributed by atoms with van der Waals surface area (Å²) in [5, 5.41) is 11.1. The first-order valence-electron chi connectivity index (χ1n) is 9.33. The predicted molar refractivity (Wildman–Crippen MR) is 121 cm³/mol. The van der Waals surface area contributed by atoms with Crippen LogP contribution in [0.4, 0.5) is 0 Å². The van der Waals surface area contributed by atoms with E-state index in [-0.39, 0.29) is 23.2 Å². The maximum Gasteiger partial charge on any atom is 0.310 e. The normalized spacial score (nSPS) is 11.7. The molecule has 1 aromatic heterocycles. The van der Waals surface area contributed by atoms with Crippen LogP contribution >= 0.6 is 23.8 Å². The Balaban J connectivity index is 2.16. The molecule has 3 aromatic rings. The third-order valence-electron chi connectivity index (χ3n) is 4.65. The van der Waals surface area contributed by atoms with Crippen LogP contribution in [0, 0.1) is 13.8 Å². The van der Waals surface area contributed by atoms with Gasteiger partial charge in [-0.05, 0) is 52.3 Å². The van der Waals surface area contributed by atoms with Gasteiger partial charge in [0.05, 0.1) is 17.0 Å². The van der Waals surface area contributed by atoms with Crippen LogP contribution in [0.3, 0.4) is 0 Å². The highest BCUT2D eigenvalue weighted by atomic mass is 35.5. The number of rotatable bonds is 3. The molecule has 0 aliphatic carbocycles. The quantitative estimate of drug-likeness (QED) is 0.427. The Morgan fingerprint density at radius 2 is 1.79 bits per heavy atom. The van der Waals surface area contributed by atoms with E-state index < -0.39 is 5.60 Å². The fourth-order valence-electron chi connectivity index (χ4n) is 3.32. The van der Waals surface area contributed by atoms with Crippen LogP contribution in [0.15, 0.2) is 36.4 Å². The molecule has 152 valence electrons. The predicted octanol–water partition coefficient (Wildman–Crippen LogP) is 5.73. The molecule has 0 aliphatic rings. The topological polar surface area (TPSA) is 51.5 Å². The van der Waals surface area contributed by atoms with E-state index in [4.69, 9.17) is 28.6 Å². The van der Waals surface area contributed by atoms with E-state index in [1.54, 1.807) is 12.1 Å². The van der Waals surface area contributed by atoms with E-state index in [0.29, 0.717) is 4.99 Å². The van der Waals surface area contributed by atoms with Gasteiger partial charge >= 0.3 is 5.97 Å². The number of fused-ring (bicyclic) bond motifs is 1. The third-order valence-corrected chi connectivity index (χ3v) is 5.37. The molecule has 2 aromatic carbocycles. The summed E-state index contributed by atoms with van der Waals surface area (Å²) < 4.78 is 7.40. The lowest BCUT2D eigenvalue weighted by atomic mass is 10.1. The highest BCUT2D eigenvalue weighted by Crippen LogP contribution is 2.35. The number of aromatic nitrogens is 1. The molecular weight excluding hydrogens is 406 g/mol. The Labute approximate surface area is 181 Å². The van der Waals surface area contributed by atoms with E-state index in [1.165, 1.54) is 0 Å². The Bertz CT molecular complexity index is 1110. The molecule has 6 heteroatoms. The number of carbonyl (C=O) groups is 1. The summed E-state index contributed by atoms with van der Waals surface area (Å²) in [6, 6.07) is 11.2. The van der Waals surface area contributed by atoms with Gasteiger partial charge in [-0.15, -0.1) is 0 Å². The van der Waals surface area contributed by atoms with Crippen LogP contribution in [0.1, 0.15) is 43.2 Å². The first kappa shape index (κ1) is 21.3. The van der Waals surface area contributed by atoms with Gasteiger partial charge < -0.3 is 14.4 Å². The van der Waals surface area contributed by atoms with Gasteiger partial charge in [-0.2, -0.15) is 0 Å². The molecule has 0 unspecified atom stereocenters. The van der Waals surface area contributed by atoms with E-state index in [2.05, 4.69) is 0 Å². The molecule has 0 saturated heterocycles. The number of hydrogen-bond acceptors (Lipinski definition) is 4. The number of hydrogen-bond donors (Lipinski definition) is 1. The van der Waals surface area contributed by atoms with Crippen LogP contribution in [0.5, 0.6) is 5.75 Å². The largest absolute Gasteiger partial charge is 0.506 e. The first-order chi connectivity index (χ1) is 13.5. The van der Waals surface area contributed by atoms with Crippen molar-refractivity contribution in [3.05, 3.63) is 63.8 Å². The molecule has 0 aliphatic heterocycles. The standard InChI is InChI=1S/C23H24ClNO3S/c1-13-6-8-15(9-7-13)22(29)25-14(2)16(11-21(27)28-23(3,4)5)17-10-20(26)18(24)12-19(17)25/h6-10,12,26H,11H2,1-5H3. The van der Waals surface area contributed by atoms with E-state index in [1.807, 2.05) is 63.5 Å². The van der Waals surface area contributed by atoms with E-state index in [9.17, 15) is 9.90 Å². The number of carbonyl (C=O) groups excluding carboxylic acids is 1. The summed E-state index contributed by atoms with van der Waals surface area (Å²) in [5.41, 5.74) is 3.78. The fourth-order valence-corrected chi connectivity index (χ4v) is 3.85. The maximum absolute atomic E-state index is 12.5. The minimum atomic E-state index is -0.577. The summed E-state index contributed by atoms with van der Waals surface area (Å²) >= 11 is 12.0. The molecule has 0 bridgehead atoms. The average Bonchev–Trinajstić information content (AvgIpc) is 2.85. The number of nitrogens with zero attached hydrogens (tertiary/aromatic N) is 1. The number of thiocarbonyl (C=S) groups is 1. The highest BCUT2D eigenvalue weighted by Gasteiger charge is 2.23. The maximum atomic E-state index is 12.5. The van der Waals surface area contributed by atoms with Crippen LogP contribution in [-0.2, 0) is 16.0 Å². The lowest BCUT2D eigenvalue weighted by Gasteiger charge is -2.19. The van der Waals surface area contributed by atoms with Gasteiger partial charge in [0.25, 0.3) is 0 Å². The first-order valence-corrected chi connectivity index (χ1v) is 10.1. The molecule has 0 atom stereocenters. The summed E-state index contributed by atoms with van der Waals surface area (Å²) in [6.07, 6.45) is 0.0736. The highest BCUT2D eigenvalue weighted by molar-refractivity contribution is 7.80. The number of aromatic hydroxyl groups is 1. The number of ether oxygens (including phenoxy) is 1. The number of esters is 1. The number of phenolic OH excluding ortho intramolecular Hbond substituents is 1. The Morgan fingerprint density at radius 3 is 2.38 bits per heavy atom. The Hall–Kier alpha value is -2.37. The zero-order valence-electron chi connectivity index (χ0n) is 17.2. The van der Waals surface area contributed by atoms with Crippen molar-refractivity contribution in [3.63, 3.8) is 0 Å². The Kier molecular flexibility index (Phi) is 5.74. The minimum absolute atomic E-state index is 0.0389. The second kappa shape index (κ2) is 7.81. The summed E-state index contributed by atoms with van der Waals surface area (Å²) in [4.78, 5) is 13.1. The number of phenols is 1. The monoisotopic (exact) mass is 429 g/mol. The van der Waals surface area contributed by atoms with Crippen molar-refractivity contribution in [3.8, 4) is 5.75 Å². The molecule has 4 nitrogen and oxygen atoms in total. The van der Waals surface area contributed by atoms with Gasteiger partial charge in [0, 0.05) is 16.6 Å². The molecule has 0 saturated carbocycles. The van der Waals surface area contributed by atoms with Crippen molar-refractivity contribution < 1.29 is 14.6 Å². The van der Waals surface area contributed by atoms with Gasteiger partial charge in [-0.1, -0.05) is 53.6 Å². The molecule has 3 rings (SSSR count). The zero-order valence-corrected chi connectivity index (χ0v) is 18.7.